The Kier molecular flexibility index (Phi) is 3.19. The number of hydrogen-bond acceptors (Lipinski definition) is 8. The zero-order valence-electron chi connectivity index (χ0n) is 11.5. The second-order valence-corrected chi connectivity index (χ2v) is 5.25. The Morgan fingerprint density at radius 3 is 2.64 bits per heavy atom. The van der Waals surface area contributed by atoms with E-state index in [0.717, 1.165) is 0 Å². The Hall–Kier alpha value is -2.71. The molecule has 0 bridgehead atoms. The molecule has 2 N–H and O–H groups in total. The van der Waals surface area contributed by atoms with Crippen LogP contribution in [0.15, 0.2) is 16.4 Å². The molecule has 1 aliphatic carbocycles. The van der Waals surface area contributed by atoms with Crippen LogP contribution in [0.3, 0.4) is 0 Å². The number of aliphatic carboxylic acids is 1. The highest BCUT2D eigenvalue weighted by molar-refractivity contribution is 6.37. The quantitative estimate of drug-likeness (QED) is 0.500. The average molecular weight is 308 g/mol. The molecular weight excluding hydrogens is 296 g/mol. The fraction of sp³-hybridized carbons (Fsp3) is 0.462. The molecule has 3 unspecified atom stereocenters. The molecule has 22 heavy (non-hydrogen) atoms. The molecule has 3 rings (SSSR count). The van der Waals surface area contributed by atoms with Gasteiger partial charge in [0.05, 0.1) is 18.9 Å². The number of carbonyl (C=O) groups is 4. The van der Waals surface area contributed by atoms with Gasteiger partial charge in [0.2, 0.25) is 0 Å². The van der Waals surface area contributed by atoms with Gasteiger partial charge in [0.15, 0.2) is 5.71 Å². The molecule has 0 radical (unpaired) electrons. The van der Waals surface area contributed by atoms with Gasteiger partial charge >= 0.3 is 23.9 Å². The van der Waals surface area contributed by atoms with Crippen LogP contribution in [0.25, 0.3) is 0 Å². The van der Waals surface area contributed by atoms with Crippen LogP contribution < -0.4 is 5.43 Å². The Morgan fingerprint density at radius 1 is 1.32 bits per heavy atom. The summed E-state index contributed by atoms with van der Waals surface area (Å²) in [5.74, 6) is -5.40. The van der Waals surface area contributed by atoms with Crippen molar-refractivity contribution in [3.63, 3.8) is 0 Å². The summed E-state index contributed by atoms with van der Waals surface area (Å²) < 4.78 is 9.24. The highest BCUT2D eigenvalue weighted by atomic mass is 16.6. The van der Waals surface area contributed by atoms with Gasteiger partial charge in [-0.25, -0.2) is 9.59 Å². The van der Waals surface area contributed by atoms with Crippen LogP contribution in [-0.4, -0.2) is 41.8 Å². The molecule has 2 heterocycles. The van der Waals surface area contributed by atoms with Crippen molar-refractivity contribution in [2.75, 3.05) is 7.11 Å². The van der Waals surface area contributed by atoms with Gasteiger partial charge in [0.25, 0.3) is 0 Å². The van der Waals surface area contributed by atoms with E-state index in [-0.39, 0.29) is 24.3 Å². The minimum atomic E-state index is -1.25. The lowest BCUT2D eigenvalue weighted by atomic mass is 9.69. The average Bonchev–Trinajstić information content (AvgIpc) is 2.77. The molecule has 116 valence electrons. The Bertz CT molecular complexity index is 663. The largest absolute Gasteiger partial charge is 0.477 e. The Balaban J connectivity index is 2.04. The van der Waals surface area contributed by atoms with Crippen LogP contribution in [0, 0.1) is 17.8 Å². The lowest BCUT2D eigenvalue weighted by molar-refractivity contribution is -0.154. The van der Waals surface area contributed by atoms with E-state index in [2.05, 4.69) is 20.0 Å². The Labute approximate surface area is 123 Å². The predicted molar refractivity (Wildman–Crippen MR) is 68.1 cm³/mol. The molecule has 2 fully saturated rings. The van der Waals surface area contributed by atoms with Gasteiger partial charge in [-0.3, -0.25) is 15.0 Å². The van der Waals surface area contributed by atoms with Crippen molar-refractivity contribution in [3.05, 3.63) is 11.3 Å². The topological polar surface area (TPSA) is 131 Å². The molecule has 9 heteroatoms. The van der Waals surface area contributed by atoms with Crippen molar-refractivity contribution in [3.8, 4) is 0 Å². The van der Waals surface area contributed by atoms with Crippen LogP contribution in [-0.2, 0) is 28.7 Å². The number of hydrazone groups is 1. The van der Waals surface area contributed by atoms with Gasteiger partial charge in [0, 0.05) is 5.92 Å². The first-order chi connectivity index (χ1) is 10.4. The standard InChI is InChI=1S/C13H12N2O7/c1-21-13(20)9-5-3-7-6(11(18)22-12(7)19)2-4(5)8(10(16)17)14-15-9/h4,6-7,15H,2-3H2,1H3,(H,16,17). The first-order valence-corrected chi connectivity index (χ1v) is 6.57. The number of ether oxygens (including phenoxy) is 2. The predicted octanol–water partition coefficient (Wildman–Crippen LogP) is -0.817. The van der Waals surface area contributed by atoms with Crippen molar-refractivity contribution < 1.29 is 33.8 Å². The highest BCUT2D eigenvalue weighted by Crippen LogP contribution is 2.44. The molecule has 0 amide bonds. The van der Waals surface area contributed by atoms with Gasteiger partial charge in [-0.15, -0.1) is 0 Å². The summed E-state index contributed by atoms with van der Waals surface area (Å²) in [7, 11) is 1.18. The molecule has 3 atom stereocenters. The number of esters is 3. The monoisotopic (exact) mass is 308 g/mol. The van der Waals surface area contributed by atoms with Crippen LogP contribution in [0.5, 0.6) is 0 Å². The van der Waals surface area contributed by atoms with Gasteiger partial charge < -0.3 is 14.6 Å². The number of nitrogens with zero attached hydrogens (tertiary/aromatic N) is 1. The van der Waals surface area contributed by atoms with E-state index in [0.29, 0.717) is 5.57 Å². The fourth-order valence-electron chi connectivity index (χ4n) is 3.13. The zero-order valence-corrected chi connectivity index (χ0v) is 11.5. The lowest BCUT2D eigenvalue weighted by Crippen LogP contribution is -2.42. The number of carbonyl (C=O) groups excluding carboxylic acids is 3. The van der Waals surface area contributed by atoms with Gasteiger partial charge in [-0.2, -0.15) is 5.10 Å². The van der Waals surface area contributed by atoms with Crippen molar-refractivity contribution in [1.29, 1.82) is 0 Å². The summed E-state index contributed by atoms with van der Waals surface area (Å²) in [6, 6.07) is 0. The third-order valence-corrected chi connectivity index (χ3v) is 4.19. The maximum absolute atomic E-state index is 11.8. The van der Waals surface area contributed by atoms with Crippen LogP contribution in [0.4, 0.5) is 0 Å². The summed E-state index contributed by atoms with van der Waals surface area (Å²) in [4.78, 5) is 46.5. The molecule has 2 aliphatic heterocycles. The molecule has 1 saturated carbocycles. The molecule has 0 aromatic carbocycles. The summed E-state index contributed by atoms with van der Waals surface area (Å²) in [6.45, 7) is 0. The van der Waals surface area contributed by atoms with E-state index in [9.17, 15) is 24.3 Å². The third-order valence-electron chi connectivity index (χ3n) is 4.19. The summed E-state index contributed by atoms with van der Waals surface area (Å²) in [6.07, 6.45) is 0.127. The smallest absolute Gasteiger partial charge is 0.355 e. The number of allylic oxidation sites excluding steroid dienone is 1. The van der Waals surface area contributed by atoms with Crippen molar-refractivity contribution in [2.24, 2.45) is 22.9 Å². The molecule has 0 aromatic rings. The first-order valence-electron chi connectivity index (χ1n) is 6.57. The second kappa shape index (κ2) is 4.93. The van der Waals surface area contributed by atoms with Crippen molar-refractivity contribution in [1.82, 2.24) is 5.43 Å². The number of cyclic esters (lactones) is 2. The number of rotatable bonds is 2. The van der Waals surface area contributed by atoms with E-state index in [1.54, 1.807) is 0 Å². The van der Waals surface area contributed by atoms with Gasteiger partial charge in [-0.1, -0.05) is 0 Å². The maximum atomic E-state index is 11.8. The molecule has 9 nitrogen and oxygen atoms in total. The number of fused-ring (bicyclic) bond motifs is 2. The Morgan fingerprint density at radius 2 is 2.00 bits per heavy atom. The van der Waals surface area contributed by atoms with E-state index in [1.165, 1.54) is 7.11 Å². The minimum absolute atomic E-state index is 0.0168. The lowest BCUT2D eigenvalue weighted by Gasteiger charge is -2.33. The molecule has 1 saturated heterocycles. The number of carboxylic acids is 1. The number of methoxy groups -OCH3 is 1. The fourth-order valence-corrected chi connectivity index (χ4v) is 3.13. The minimum Gasteiger partial charge on any atom is -0.477 e. The number of hydrogen-bond donors (Lipinski definition) is 2. The first kappa shape index (κ1) is 14.2. The van der Waals surface area contributed by atoms with E-state index < -0.39 is 41.6 Å². The molecule has 0 aromatic heterocycles. The summed E-state index contributed by atoms with van der Waals surface area (Å²) >= 11 is 0. The highest BCUT2D eigenvalue weighted by Gasteiger charge is 2.52. The third kappa shape index (κ3) is 1.97. The summed E-state index contributed by atoms with van der Waals surface area (Å²) in [5, 5.41) is 12.9. The van der Waals surface area contributed by atoms with Crippen molar-refractivity contribution >= 4 is 29.6 Å². The molecule has 0 spiro atoms. The normalized spacial score (nSPS) is 29.9. The molecular formula is C13H12N2O7. The van der Waals surface area contributed by atoms with Crippen LogP contribution in [0.1, 0.15) is 12.8 Å². The van der Waals surface area contributed by atoms with E-state index >= 15 is 0 Å². The number of carboxylic acid groups (broad SMARTS) is 1. The molecule has 3 aliphatic rings. The number of nitrogens with one attached hydrogen (secondary N) is 1. The van der Waals surface area contributed by atoms with Gasteiger partial charge in [-0.05, 0) is 18.4 Å². The second-order valence-electron chi connectivity index (χ2n) is 5.25. The van der Waals surface area contributed by atoms with Gasteiger partial charge in [0.1, 0.15) is 5.70 Å². The van der Waals surface area contributed by atoms with Crippen LogP contribution >= 0.6 is 0 Å². The van der Waals surface area contributed by atoms with E-state index in [4.69, 9.17) is 0 Å². The maximum Gasteiger partial charge on any atom is 0.355 e. The van der Waals surface area contributed by atoms with Crippen molar-refractivity contribution in [2.45, 2.75) is 12.8 Å². The van der Waals surface area contributed by atoms with Crippen LogP contribution in [0.2, 0.25) is 0 Å². The van der Waals surface area contributed by atoms with E-state index in [1.807, 2.05) is 0 Å². The summed E-state index contributed by atoms with van der Waals surface area (Å²) in [5.41, 5.74) is 2.61. The SMILES string of the molecule is COC(=O)C1=C2CC3C(=O)OC(=O)C3CC2C(C(=O)O)=NN1. The zero-order chi connectivity index (χ0) is 16.0.